The van der Waals surface area contributed by atoms with Crippen molar-refractivity contribution in [3.05, 3.63) is 64.7 Å². The van der Waals surface area contributed by atoms with Crippen LogP contribution in [0.3, 0.4) is 0 Å². The van der Waals surface area contributed by atoms with Crippen LogP contribution < -0.4 is 4.74 Å². The highest BCUT2D eigenvalue weighted by Crippen LogP contribution is 2.30. The first-order valence-electron chi connectivity index (χ1n) is 9.09. The lowest BCUT2D eigenvalue weighted by Crippen LogP contribution is -2.35. The van der Waals surface area contributed by atoms with Crippen LogP contribution in [-0.2, 0) is 24.4 Å². The standard InChI is InChI=1S/C21H24N2O3/c1-22-14-19-18(21(22)24)3-2-4-20(19)26-15-17-7-5-16(6-8-17)13-23-9-11-25-12-10-23/h2-8H,9-15H2,1H3. The minimum Gasteiger partial charge on any atom is -0.489 e. The molecular formula is C21H24N2O3. The van der Waals surface area contributed by atoms with Crippen molar-refractivity contribution in [3.63, 3.8) is 0 Å². The Bertz CT molecular complexity index is 782. The minimum atomic E-state index is 0.0675. The fourth-order valence-electron chi connectivity index (χ4n) is 3.50. The molecule has 1 amide bonds. The molecule has 2 aliphatic heterocycles. The number of carbonyl (C=O) groups excluding carboxylic acids is 1. The topological polar surface area (TPSA) is 42.0 Å². The van der Waals surface area contributed by atoms with Gasteiger partial charge in [0.05, 0.1) is 19.8 Å². The molecule has 0 saturated carbocycles. The van der Waals surface area contributed by atoms with Crippen LogP contribution in [0.15, 0.2) is 42.5 Å². The van der Waals surface area contributed by atoms with E-state index in [4.69, 9.17) is 9.47 Å². The second kappa shape index (κ2) is 7.48. The number of hydrogen-bond donors (Lipinski definition) is 0. The predicted molar refractivity (Wildman–Crippen MR) is 99.1 cm³/mol. The number of rotatable bonds is 5. The molecule has 0 N–H and O–H groups in total. The van der Waals surface area contributed by atoms with Crippen molar-refractivity contribution < 1.29 is 14.3 Å². The van der Waals surface area contributed by atoms with Gasteiger partial charge in [0, 0.05) is 37.8 Å². The number of amides is 1. The van der Waals surface area contributed by atoms with Gasteiger partial charge in [-0.1, -0.05) is 30.3 Å². The molecule has 2 heterocycles. The summed E-state index contributed by atoms with van der Waals surface area (Å²) in [5, 5.41) is 0. The van der Waals surface area contributed by atoms with E-state index in [9.17, 15) is 4.79 Å². The van der Waals surface area contributed by atoms with E-state index < -0.39 is 0 Å². The number of nitrogens with zero attached hydrogens (tertiary/aromatic N) is 2. The Morgan fingerprint density at radius 1 is 1.04 bits per heavy atom. The van der Waals surface area contributed by atoms with E-state index in [0.717, 1.165) is 55.3 Å². The first-order valence-corrected chi connectivity index (χ1v) is 9.09. The predicted octanol–water partition coefficient (Wildman–Crippen LogP) is 2.68. The maximum Gasteiger partial charge on any atom is 0.254 e. The van der Waals surface area contributed by atoms with Crippen LogP contribution in [0.2, 0.25) is 0 Å². The highest BCUT2D eigenvalue weighted by molar-refractivity contribution is 5.98. The summed E-state index contributed by atoms with van der Waals surface area (Å²) in [7, 11) is 1.82. The lowest BCUT2D eigenvalue weighted by atomic mass is 10.1. The Labute approximate surface area is 154 Å². The van der Waals surface area contributed by atoms with Gasteiger partial charge < -0.3 is 14.4 Å². The fourth-order valence-corrected chi connectivity index (χ4v) is 3.50. The summed E-state index contributed by atoms with van der Waals surface area (Å²) < 4.78 is 11.4. The van der Waals surface area contributed by atoms with Gasteiger partial charge in [0.15, 0.2) is 0 Å². The third-order valence-corrected chi connectivity index (χ3v) is 5.03. The van der Waals surface area contributed by atoms with E-state index in [1.54, 1.807) is 4.90 Å². The summed E-state index contributed by atoms with van der Waals surface area (Å²) in [6.45, 7) is 5.73. The molecule has 0 aromatic heterocycles. The van der Waals surface area contributed by atoms with Gasteiger partial charge in [0.2, 0.25) is 0 Å². The molecule has 1 saturated heterocycles. The number of ether oxygens (including phenoxy) is 2. The van der Waals surface area contributed by atoms with E-state index in [-0.39, 0.29) is 5.91 Å². The van der Waals surface area contributed by atoms with Crippen LogP contribution in [0, 0.1) is 0 Å². The van der Waals surface area contributed by atoms with Crippen LogP contribution in [-0.4, -0.2) is 49.1 Å². The summed E-state index contributed by atoms with van der Waals surface area (Å²) in [6.07, 6.45) is 0. The number of hydrogen-bond acceptors (Lipinski definition) is 4. The first kappa shape index (κ1) is 17.1. The Morgan fingerprint density at radius 2 is 1.77 bits per heavy atom. The van der Waals surface area contributed by atoms with Crippen molar-refractivity contribution in [3.8, 4) is 5.75 Å². The molecule has 0 bridgehead atoms. The fraction of sp³-hybridized carbons (Fsp3) is 0.381. The van der Waals surface area contributed by atoms with Gasteiger partial charge in [0.1, 0.15) is 12.4 Å². The molecule has 0 atom stereocenters. The minimum absolute atomic E-state index is 0.0675. The zero-order valence-corrected chi connectivity index (χ0v) is 15.1. The molecule has 136 valence electrons. The SMILES string of the molecule is CN1Cc2c(OCc3ccc(CN4CCOCC4)cc3)cccc2C1=O. The third-order valence-electron chi connectivity index (χ3n) is 5.03. The largest absolute Gasteiger partial charge is 0.489 e. The summed E-state index contributed by atoms with van der Waals surface area (Å²) in [4.78, 5) is 16.2. The molecule has 2 aromatic carbocycles. The Kier molecular flexibility index (Phi) is 4.91. The van der Waals surface area contributed by atoms with Gasteiger partial charge in [-0.3, -0.25) is 9.69 Å². The maximum absolute atomic E-state index is 12.1. The van der Waals surface area contributed by atoms with E-state index in [1.165, 1.54) is 5.56 Å². The van der Waals surface area contributed by atoms with Crippen molar-refractivity contribution in [2.75, 3.05) is 33.4 Å². The molecule has 2 aliphatic rings. The van der Waals surface area contributed by atoms with Crippen molar-refractivity contribution in [2.45, 2.75) is 19.7 Å². The van der Waals surface area contributed by atoms with E-state index >= 15 is 0 Å². The zero-order chi connectivity index (χ0) is 17.9. The number of benzene rings is 2. The van der Waals surface area contributed by atoms with Gasteiger partial charge >= 0.3 is 0 Å². The summed E-state index contributed by atoms with van der Waals surface area (Å²) in [5.74, 6) is 0.871. The third kappa shape index (κ3) is 3.59. The van der Waals surface area contributed by atoms with Crippen molar-refractivity contribution in [1.82, 2.24) is 9.80 Å². The first-order chi connectivity index (χ1) is 12.7. The average Bonchev–Trinajstić information content (AvgIpc) is 2.97. The Morgan fingerprint density at radius 3 is 2.54 bits per heavy atom. The second-order valence-corrected chi connectivity index (χ2v) is 6.94. The molecule has 0 spiro atoms. The highest BCUT2D eigenvalue weighted by Gasteiger charge is 2.27. The highest BCUT2D eigenvalue weighted by atomic mass is 16.5. The van der Waals surface area contributed by atoms with Crippen LogP contribution in [0.25, 0.3) is 0 Å². The molecule has 2 aromatic rings. The van der Waals surface area contributed by atoms with E-state index in [0.29, 0.717) is 13.2 Å². The van der Waals surface area contributed by atoms with E-state index in [1.807, 2.05) is 25.2 Å². The van der Waals surface area contributed by atoms with E-state index in [2.05, 4.69) is 29.2 Å². The van der Waals surface area contributed by atoms with Gasteiger partial charge in [-0.05, 0) is 23.3 Å². The molecule has 5 heteroatoms. The molecule has 0 aliphatic carbocycles. The Balaban J connectivity index is 1.38. The van der Waals surface area contributed by atoms with Crippen LogP contribution in [0.1, 0.15) is 27.0 Å². The molecule has 4 rings (SSSR count). The number of carbonyl (C=O) groups is 1. The number of fused-ring (bicyclic) bond motifs is 1. The molecule has 1 fully saturated rings. The summed E-state index contributed by atoms with van der Waals surface area (Å²) in [6, 6.07) is 14.3. The van der Waals surface area contributed by atoms with Gasteiger partial charge in [-0.15, -0.1) is 0 Å². The lowest BCUT2D eigenvalue weighted by molar-refractivity contribution is 0.0342. The number of morpholine rings is 1. The van der Waals surface area contributed by atoms with Gasteiger partial charge in [-0.25, -0.2) is 0 Å². The second-order valence-electron chi connectivity index (χ2n) is 6.94. The smallest absolute Gasteiger partial charge is 0.254 e. The molecule has 0 unspecified atom stereocenters. The molecule has 0 radical (unpaired) electrons. The summed E-state index contributed by atoms with van der Waals surface area (Å²) >= 11 is 0. The zero-order valence-electron chi connectivity index (χ0n) is 15.1. The normalized spacial score (nSPS) is 17.4. The average molecular weight is 352 g/mol. The van der Waals surface area contributed by atoms with Gasteiger partial charge in [-0.2, -0.15) is 0 Å². The summed E-state index contributed by atoms with van der Waals surface area (Å²) in [5.41, 5.74) is 4.18. The lowest BCUT2D eigenvalue weighted by Gasteiger charge is -2.26. The van der Waals surface area contributed by atoms with Crippen molar-refractivity contribution in [1.29, 1.82) is 0 Å². The van der Waals surface area contributed by atoms with Crippen molar-refractivity contribution in [2.24, 2.45) is 0 Å². The van der Waals surface area contributed by atoms with Crippen LogP contribution in [0.4, 0.5) is 0 Å². The molecule has 26 heavy (non-hydrogen) atoms. The van der Waals surface area contributed by atoms with Crippen LogP contribution in [0.5, 0.6) is 5.75 Å². The quantitative estimate of drug-likeness (QED) is 0.830. The van der Waals surface area contributed by atoms with Crippen LogP contribution >= 0.6 is 0 Å². The maximum atomic E-state index is 12.1. The molecule has 5 nitrogen and oxygen atoms in total. The monoisotopic (exact) mass is 352 g/mol. The van der Waals surface area contributed by atoms with Gasteiger partial charge in [0.25, 0.3) is 5.91 Å². The molecular weight excluding hydrogens is 328 g/mol. The Hall–Kier alpha value is -2.37. The van der Waals surface area contributed by atoms with Crippen molar-refractivity contribution >= 4 is 5.91 Å².